The molecule has 1 aromatic carbocycles. The highest BCUT2D eigenvalue weighted by Gasteiger charge is 2.04. The van der Waals surface area contributed by atoms with Crippen LogP contribution in [0.4, 0.5) is 0 Å². The summed E-state index contributed by atoms with van der Waals surface area (Å²) in [5, 5.41) is 0. The van der Waals surface area contributed by atoms with Gasteiger partial charge in [0.05, 0.1) is 0 Å². The zero-order valence-corrected chi connectivity index (χ0v) is 9.26. The van der Waals surface area contributed by atoms with Crippen molar-refractivity contribution in [3.63, 3.8) is 0 Å². The molecule has 0 aliphatic heterocycles. The predicted octanol–water partition coefficient (Wildman–Crippen LogP) is 3.08. The van der Waals surface area contributed by atoms with Crippen LogP contribution in [-0.2, 0) is 17.6 Å². The van der Waals surface area contributed by atoms with Gasteiger partial charge in [-0.1, -0.05) is 37.1 Å². The van der Waals surface area contributed by atoms with Gasteiger partial charge in [-0.05, 0) is 31.4 Å². The molecule has 0 N–H and O–H groups in total. The smallest absolute Gasteiger partial charge is 0.134 e. The van der Waals surface area contributed by atoms with Crippen LogP contribution >= 0.6 is 0 Å². The van der Waals surface area contributed by atoms with Crippen molar-refractivity contribution in [1.82, 2.24) is 0 Å². The lowest BCUT2D eigenvalue weighted by Crippen LogP contribution is -2.01. The van der Waals surface area contributed by atoms with Gasteiger partial charge >= 0.3 is 0 Å². The van der Waals surface area contributed by atoms with Gasteiger partial charge in [0.15, 0.2) is 0 Å². The van der Waals surface area contributed by atoms with Crippen molar-refractivity contribution < 1.29 is 4.79 Å². The third-order valence-corrected chi connectivity index (χ3v) is 2.32. The van der Waals surface area contributed by atoms with E-state index in [4.69, 9.17) is 0 Å². The second-order valence-corrected chi connectivity index (χ2v) is 3.90. The Labute approximate surface area is 86.1 Å². The molecule has 1 nitrogen and oxygen atoms in total. The van der Waals surface area contributed by atoms with E-state index in [1.165, 1.54) is 16.7 Å². The second kappa shape index (κ2) is 4.94. The molecule has 0 saturated carbocycles. The van der Waals surface area contributed by atoms with E-state index in [0.29, 0.717) is 6.42 Å². The van der Waals surface area contributed by atoms with E-state index in [1.54, 1.807) is 6.92 Å². The monoisotopic (exact) mass is 190 g/mol. The molecule has 0 fully saturated rings. The first-order valence-electron chi connectivity index (χ1n) is 5.21. The maximum atomic E-state index is 11.1. The topological polar surface area (TPSA) is 17.1 Å². The zero-order valence-electron chi connectivity index (χ0n) is 9.26. The molecular weight excluding hydrogens is 172 g/mol. The van der Waals surface area contributed by atoms with E-state index >= 15 is 0 Å². The van der Waals surface area contributed by atoms with E-state index in [0.717, 1.165) is 12.8 Å². The lowest BCUT2D eigenvalue weighted by Gasteiger charge is -2.08. The minimum Gasteiger partial charge on any atom is -0.300 e. The maximum Gasteiger partial charge on any atom is 0.134 e. The van der Waals surface area contributed by atoms with Gasteiger partial charge in [0.2, 0.25) is 0 Å². The molecule has 14 heavy (non-hydrogen) atoms. The SMILES string of the molecule is CCCc1ccc(C)cc1CC(C)=O. The van der Waals surface area contributed by atoms with Crippen LogP contribution in [0.3, 0.4) is 0 Å². The molecule has 1 aromatic rings. The van der Waals surface area contributed by atoms with Gasteiger partial charge in [-0.2, -0.15) is 0 Å². The number of carbonyl (C=O) groups excluding carboxylic acids is 1. The minimum absolute atomic E-state index is 0.243. The summed E-state index contributed by atoms with van der Waals surface area (Å²) >= 11 is 0. The fraction of sp³-hybridized carbons (Fsp3) is 0.462. The van der Waals surface area contributed by atoms with E-state index in [2.05, 4.69) is 32.0 Å². The summed E-state index contributed by atoms with van der Waals surface area (Å²) in [7, 11) is 0. The fourth-order valence-electron chi connectivity index (χ4n) is 1.70. The van der Waals surface area contributed by atoms with E-state index < -0.39 is 0 Å². The van der Waals surface area contributed by atoms with Crippen molar-refractivity contribution in [1.29, 1.82) is 0 Å². The number of Topliss-reactive ketones (excluding diaryl/α,β-unsaturated/α-hetero) is 1. The van der Waals surface area contributed by atoms with Crippen molar-refractivity contribution in [2.75, 3.05) is 0 Å². The lowest BCUT2D eigenvalue weighted by atomic mass is 9.97. The van der Waals surface area contributed by atoms with Gasteiger partial charge in [0.25, 0.3) is 0 Å². The van der Waals surface area contributed by atoms with Crippen LogP contribution in [0.25, 0.3) is 0 Å². The summed E-state index contributed by atoms with van der Waals surface area (Å²) in [6, 6.07) is 6.40. The molecule has 1 heteroatoms. The Kier molecular flexibility index (Phi) is 3.87. The number of aryl methyl sites for hydroxylation is 2. The summed E-state index contributed by atoms with van der Waals surface area (Å²) in [6.07, 6.45) is 2.79. The third kappa shape index (κ3) is 2.99. The largest absolute Gasteiger partial charge is 0.300 e. The lowest BCUT2D eigenvalue weighted by molar-refractivity contribution is -0.116. The first kappa shape index (κ1) is 11.0. The predicted molar refractivity (Wildman–Crippen MR) is 59.6 cm³/mol. The molecule has 0 heterocycles. The normalized spacial score (nSPS) is 10.2. The van der Waals surface area contributed by atoms with Crippen LogP contribution in [-0.4, -0.2) is 5.78 Å². The van der Waals surface area contributed by atoms with Crippen molar-refractivity contribution >= 4 is 5.78 Å². The average molecular weight is 190 g/mol. The molecule has 0 aliphatic rings. The van der Waals surface area contributed by atoms with Crippen molar-refractivity contribution in [2.24, 2.45) is 0 Å². The Morgan fingerprint density at radius 2 is 2.00 bits per heavy atom. The van der Waals surface area contributed by atoms with E-state index in [-0.39, 0.29) is 5.78 Å². The molecule has 76 valence electrons. The Hall–Kier alpha value is -1.11. The number of benzene rings is 1. The highest BCUT2D eigenvalue weighted by Crippen LogP contribution is 2.14. The molecule has 0 bridgehead atoms. The fourth-order valence-corrected chi connectivity index (χ4v) is 1.70. The maximum absolute atomic E-state index is 11.1. The van der Waals surface area contributed by atoms with Gasteiger partial charge in [-0.15, -0.1) is 0 Å². The van der Waals surface area contributed by atoms with E-state index in [1.807, 2.05) is 0 Å². The summed E-state index contributed by atoms with van der Waals surface area (Å²) in [6.45, 7) is 5.88. The second-order valence-electron chi connectivity index (χ2n) is 3.90. The standard InChI is InChI=1S/C13H18O/c1-4-5-12-7-6-10(2)8-13(12)9-11(3)14/h6-8H,4-5,9H2,1-3H3. The molecule has 0 radical (unpaired) electrons. The molecule has 0 amide bonds. The van der Waals surface area contributed by atoms with Crippen LogP contribution in [0, 0.1) is 6.92 Å². The quantitative estimate of drug-likeness (QED) is 0.713. The molecular formula is C13H18O. The first-order chi connectivity index (χ1) is 6.63. The number of hydrogen-bond donors (Lipinski definition) is 0. The van der Waals surface area contributed by atoms with Crippen LogP contribution in [0.5, 0.6) is 0 Å². The molecule has 0 spiro atoms. The van der Waals surface area contributed by atoms with E-state index in [9.17, 15) is 4.79 Å². The number of hydrogen-bond acceptors (Lipinski definition) is 1. The third-order valence-electron chi connectivity index (χ3n) is 2.32. The summed E-state index contributed by atoms with van der Waals surface area (Å²) < 4.78 is 0. The summed E-state index contributed by atoms with van der Waals surface area (Å²) in [5.74, 6) is 0.243. The summed E-state index contributed by atoms with van der Waals surface area (Å²) in [5.41, 5.74) is 3.77. The number of rotatable bonds is 4. The highest BCUT2D eigenvalue weighted by molar-refractivity contribution is 5.78. The van der Waals surface area contributed by atoms with Crippen molar-refractivity contribution in [3.05, 3.63) is 34.9 Å². The Balaban J connectivity index is 2.96. The van der Waals surface area contributed by atoms with Gasteiger partial charge in [-0.3, -0.25) is 4.79 Å². The Morgan fingerprint density at radius 3 is 2.57 bits per heavy atom. The first-order valence-corrected chi connectivity index (χ1v) is 5.21. The van der Waals surface area contributed by atoms with Crippen LogP contribution < -0.4 is 0 Å². The van der Waals surface area contributed by atoms with Gasteiger partial charge in [0.1, 0.15) is 5.78 Å². The molecule has 0 saturated heterocycles. The zero-order chi connectivity index (χ0) is 10.6. The van der Waals surface area contributed by atoms with Crippen LogP contribution in [0.2, 0.25) is 0 Å². The molecule has 0 atom stereocenters. The molecule has 0 aromatic heterocycles. The van der Waals surface area contributed by atoms with Crippen molar-refractivity contribution in [2.45, 2.75) is 40.0 Å². The molecule has 0 unspecified atom stereocenters. The molecule has 0 aliphatic carbocycles. The minimum atomic E-state index is 0.243. The van der Waals surface area contributed by atoms with Crippen molar-refractivity contribution in [3.8, 4) is 0 Å². The van der Waals surface area contributed by atoms with Crippen LogP contribution in [0.15, 0.2) is 18.2 Å². The van der Waals surface area contributed by atoms with Gasteiger partial charge in [0, 0.05) is 6.42 Å². The Bertz CT molecular complexity index is 326. The Morgan fingerprint density at radius 1 is 1.29 bits per heavy atom. The number of ketones is 1. The highest BCUT2D eigenvalue weighted by atomic mass is 16.1. The average Bonchev–Trinajstić information content (AvgIpc) is 2.09. The molecule has 1 rings (SSSR count). The van der Waals surface area contributed by atoms with Crippen LogP contribution in [0.1, 0.15) is 37.0 Å². The summed E-state index contributed by atoms with van der Waals surface area (Å²) in [4.78, 5) is 11.1. The number of carbonyl (C=O) groups is 1. The van der Waals surface area contributed by atoms with Gasteiger partial charge in [-0.25, -0.2) is 0 Å². The van der Waals surface area contributed by atoms with Gasteiger partial charge < -0.3 is 0 Å².